The molecule has 0 bridgehead atoms. The molecule has 1 fully saturated rings. The summed E-state index contributed by atoms with van der Waals surface area (Å²) in [6.45, 7) is 2.30. The molecule has 7 heteroatoms. The Labute approximate surface area is 117 Å². The fourth-order valence-electron chi connectivity index (χ4n) is 2.10. The molecule has 0 aliphatic heterocycles. The van der Waals surface area contributed by atoms with Crippen LogP contribution in [0.15, 0.2) is 0 Å². The molecule has 3 N–H and O–H groups in total. The van der Waals surface area contributed by atoms with Crippen LogP contribution < -0.4 is 5.73 Å². The van der Waals surface area contributed by atoms with E-state index in [-0.39, 0.29) is 18.1 Å². The number of amides is 1. The van der Waals surface area contributed by atoms with Gasteiger partial charge in [-0.2, -0.15) is 5.10 Å². The van der Waals surface area contributed by atoms with E-state index in [1.807, 2.05) is 6.92 Å². The highest BCUT2D eigenvalue weighted by molar-refractivity contribution is 5.99. The molecule has 0 saturated heterocycles. The van der Waals surface area contributed by atoms with Gasteiger partial charge in [-0.25, -0.2) is 0 Å². The molecule has 1 saturated carbocycles. The van der Waals surface area contributed by atoms with Gasteiger partial charge in [0.15, 0.2) is 5.69 Å². The number of H-pyrrole nitrogens is 1. The molecule has 1 aliphatic carbocycles. The van der Waals surface area contributed by atoms with Gasteiger partial charge in [0.1, 0.15) is 6.54 Å². The Bertz CT molecular complexity index is 508. The molecule has 1 aliphatic rings. The maximum absolute atomic E-state index is 12.4. The van der Waals surface area contributed by atoms with E-state index < -0.39 is 5.97 Å². The lowest BCUT2D eigenvalue weighted by molar-refractivity contribution is -0.141. The molecule has 1 aromatic rings. The van der Waals surface area contributed by atoms with Crippen LogP contribution in [0.5, 0.6) is 0 Å². The third-order valence-electron chi connectivity index (χ3n) is 3.35. The van der Waals surface area contributed by atoms with Crippen LogP contribution in [0.4, 0.5) is 5.69 Å². The number of ether oxygens (including phenoxy) is 1. The maximum atomic E-state index is 12.4. The normalized spacial score (nSPS) is 14.1. The van der Waals surface area contributed by atoms with E-state index in [2.05, 4.69) is 14.9 Å². The first kappa shape index (κ1) is 14.4. The van der Waals surface area contributed by atoms with Crippen molar-refractivity contribution in [2.45, 2.75) is 32.1 Å². The summed E-state index contributed by atoms with van der Waals surface area (Å²) in [6, 6.07) is 0. The Morgan fingerprint density at radius 2 is 2.20 bits per heavy atom. The van der Waals surface area contributed by atoms with Crippen LogP contribution in [0.25, 0.3) is 0 Å². The molecule has 1 amide bonds. The minimum absolute atomic E-state index is 0.0891. The summed E-state index contributed by atoms with van der Waals surface area (Å²) >= 11 is 0. The molecule has 1 heterocycles. The highest BCUT2D eigenvalue weighted by Gasteiger charge is 2.31. The fourth-order valence-corrected chi connectivity index (χ4v) is 2.10. The van der Waals surface area contributed by atoms with Gasteiger partial charge in [0, 0.05) is 12.5 Å². The van der Waals surface area contributed by atoms with E-state index in [4.69, 9.17) is 5.73 Å². The number of nitrogen functional groups attached to an aromatic ring is 1. The van der Waals surface area contributed by atoms with Crippen molar-refractivity contribution in [2.24, 2.45) is 0 Å². The molecule has 7 nitrogen and oxygen atoms in total. The third kappa shape index (κ3) is 2.92. The number of hydrogen-bond donors (Lipinski definition) is 2. The quantitative estimate of drug-likeness (QED) is 0.754. The van der Waals surface area contributed by atoms with Crippen LogP contribution >= 0.6 is 0 Å². The van der Waals surface area contributed by atoms with Gasteiger partial charge in [-0.1, -0.05) is 6.92 Å². The Morgan fingerprint density at radius 1 is 1.50 bits per heavy atom. The van der Waals surface area contributed by atoms with Crippen LogP contribution in [0.1, 0.15) is 48.3 Å². The van der Waals surface area contributed by atoms with Gasteiger partial charge in [-0.05, 0) is 19.3 Å². The van der Waals surface area contributed by atoms with Crippen molar-refractivity contribution in [1.29, 1.82) is 0 Å². The lowest BCUT2D eigenvalue weighted by Crippen LogP contribution is -2.37. The van der Waals surface area contributed by atoms with Crippen molar-refractivity contribution in [2.75, 3.05) is 25.9 Å². The summed E-state index contributed by atoms with van der Waals surface area (Å²) in [7, 11) is 1.30. The lowest BCUT2D eigenvalue weighted by atomic mass is 10.2. The van der Waals surface area contributed by atoms with Gasteiger partial charge in [-0.3, -0.25) is 14.7 Å². The summed E-state index contributed by atoms with van der Waals surface area (Å²) in [5.41, 5.74) is 7.43. The van der Waals surface area contributed by atoms with Crippen molar-refractivity contribution in [1.82, 2.24) is 15.1 Å². The number of methoxy groups -OCH3 is 1. The largest absolute Gasteiger partial charge is 0.468 e. The smallest absolute Gasteiger partial charge is 0.325 e. The number of nitrogens with one attached hydrogen (secondary N) is 1. The highest BCUT2D eigenvalue weighted by Crippen LogP contribution is 2.42. The summed E-state index contributed by atoms with van der Waals surface area (Å²) in [5, 5.41) is 6.86. The molecule has 2 rings (SSSR count). The average Bonchev–Trinajstić information content (AvgIpc) is 3.20. The predicted octanol–water partition coefficient (Wildman–Crippen LogP) is 0.894. The van der Waals surface area contributed by atoms with Crippen LogP contribution in [-0.2, 0) is 9.53 Å². The van der Waals surface area contributed by atoms with Crippen molar-refractivity contribution >= 4 is 17.6 Å². The third-order valence-corrected chi connectivity index (χ3v) is 3.35. The van der Waals surface area contributed by atoms with Crippen molar-refractivity contribution in [3.05, 3.63) is 11.4 Å². The molecular weight excluding hydrogens is 260 g/mol. The van der Waals surface area contributed by atoms with Gasteiger partial charge in [0.2, 0.25) is 0 Å². The van der Waals surface area contributed by atoms with Crippen molar-refractivity contribution < 1.29 is 14.3 Å². The highest BCUT2D eigenvalue weighted by atomic mass is 16.5. The second kappa shape index (κ2) is 5.94. The Hall–Kier alpha value is -2.05. The second-order valence-electron chi connectivity index (χ2n) is 4.98. The average molecular weight is 280 g/mol. The van der Waals surface area contributed by atoms with Gasteiger partial charge < -0.3 is 15.4 Å². The summed E-state index contributed by atoms with van der Waals surface area (Å²) in [6.07, 6.45) is 2.88. The van der Waals surface area contributed by atoms with Crippen LogP contribution in [0.2, 0.25) is 0 Å². The minimum atomic E-state index is -0.455. The van der Waals surface area contributed by atoms with Gasteiger partial charge >= 0.3 is 5.97 Å². The van der Waals surface area contributed by atoms with Gasteiger partial charge in [0.05, 0.1) is 18.5 Å². The van der Waals surface area contributed by atoms with E-state index in [9.17, 15) is 9.59 Å². The Balaban J connectivity index is 2.15. The lowest BCUT2D eigenvalue weighted by Gasteiger charge is -2.19. The fraction of sp³-hybridized carbons (Fsp3) is 0.615. The SMILES string of the molecule is CCCN(CC(=O)OC)C(=O)c1n[nH]c(C2CC2)c1N. The molecule has 0 radical (unpaired) electrons. The van der Waals surface area contributed by atoms with E-state index >= 15 is 0 Å². The summed E-state index contributed by atoms with van der Waals surface area (Å²) in [4.78, 5) is 25.2. The number of hydrogen-bond acceptors (Lipinski definition) is 5. The van der Waals surface area contributed by atoms with E-state index in [0.29, 0.717) is 18.2 Å². The maximum Gasteiger partial charge on any atom is 0.325 e. The number of aromatic amines is 1. The number of rotatable bonds is 6. The summed E-state index contributed by atoms with van der Waals surface area (Å²) < 4.78 is 4.60. The number of carbonyl (C=O) groups excluding carboxylic acids is 2. The molecule has 0 spiro atoms. The van der Waals surface area contributed by atoms with E-state index in [0.717, 1.165) is 25.0 Å². The number of esters is 1. The van der Waals surface area contributed by atoms with E-state index in [1.54, 1.807) is 0 Å². The molecule has 20 heavy (non-hydrogen) atoms. The van der Waals surface area contributed by atoms with Crippen LogP contribution in [0.3, 0.4) is 0 Å². The zero-order chi connectivity index (χ0) is 14.7. The summed E-state index contributed by atoms with van der Waals surface area (Å²) in [5.74, 6) is -0.398. The molecule has 1 aromatic heterocycles. The number of nitrogens with two attached hydrogens (primary N) is 1. The molecule has 0 aromatic carbocycles. The number of anilines is 1. The first-order valence-corrected chi connectivity index (χ1v) is 6.78. The van der Waals surface area contributed by atoms with Gasteiger partial charge in [0.25, 0.3) is 5.91 Å². The molecular formula is C13H20N4O3. The monoisotopic (exact) mass is 280 g/mol. The number of carbonyl (C=O) groups is 2. The number of aromatic nitrogens is 2. The zero-order valence-electron chi connectivity index (χ0n) is 11.8. The molecule has 0 unspecified atom stereocenters. The topological polar surface area (TPSA) is 101 Å². The van der Waals surface area contributed by atoms with Crippen LogP contribution in [-0.4, -0.2) is 47.2 Å². The predicted molar refractivity (Wildman–Crippen MR) is 73.2 cm³/mol. The Kier molecular flexibility index (Phi) is 4.26. The number of nitrogens with zero attached hydrogens (tertiary/aromatic N) is 2. The standard InChI is InChI=1S/C13H20N4O3/c1-3-6-17(7-9(18)20-2)13(19)12-10(14)11(15-16-12)8-4-5-8/h8H,3-7,14H2,1-2H3,(H,15,16). The van der Waals surface area contributed by atoms with Crippen molar-refractivity contribution in [3.8, 4) is 0 Å². The first-order valence-electron chi connectivity index (χ1n) is 6.78. The second-order valence-corrected chi connectivity index (χ2v) is 4.98. The van der Waals surface area contributed by atoms with E-state index in [1.165, 1.54) is 12.0 Å². The van der Waals surface area contributed by atoms with Gasteiger partial charge in [-0.15, -0.1) is 0 Å². The molecule has 110 valence electrons. The minimum Gasteiger partial charge on any atom is -0.468 e. The molecule has 0 atom stereocenters. The van der Waals surface area contributed by atoms with Crippen LogP contribution in [0, 0.1) is 0 Å². The zero-order valence-corrected chi connectivity index (χ0v) is 11.8. The first-order chi connectivity index (χ1) is 9.58. The Morgan fingerprint density at radius 3 is 2.75 bits per heavy atom. The van der Waals surface area contributed by atoms with Crippen molar-refractivity contribution in [3.63, 3.8) is 0 Å².